The average molecular weight is 367 g/mol. The Morgan fingerprint density at radius 3 is 2.79 bits per heavy atom. The molecule has 3 rings (SSSR count). The molecule has 1 atom stereocenters. The minimum absolute atomic E-state index is 0.0317. The van der Waals surface area contributed by atoms with Crippen molar-refractivity contribution < 1.29 is 22.7 Å². The molecule has 0 saturated carbocycles. The molecule has 24 heavy (non-hydrogen) atoms. The highest BCUT2D eigenvalue weighted by Crippen LogP contribution is 2.38. The van der Waals surface area contributed by atoms with Gasteiger partial charge in [0.2, 0.25) is 12.7 Å². The maximum Gasteiger partial charge on any atom is 0.231 e. The number of carbonyl (C=O) groups is 1. The summed E-state index contributed by atoms with van der Waals surface area (Å²) >= 11 is 1.35. The van der Waals surface area contributed by atoms with Crippen LogP contribution < -0.4 is 14.8 Å². The third-order valence-corrected chi connectivity index (χ3v) is 6.93. The highest BCUT2D eigenvalue weighted by molar-refractivity contribution is 7.91. The lowest BCUT2D eigenvalue weighted by molar-refractivity contribution is -0.120. The Morgan fingerprint density at radius 1 is 1.29 bits per heavy atom. The molecule has 2 aromatic rings. The molecule has 0 radical (unpaired) electrons. The summed E-state index contributed by atoms with van der Waals surface area (Å²) in [4.78, 5) is 12.4. The largest absolute Gasteiger partial charge is 0.454 e. The molecule has 8 heteroatoms. The fraction of sp³-hybridized carbons (Fsp3) is 0.312. The smallest absolute Gasteiger partial charge is 0.231 e. The van der Waals surface area contributed by atoms with Crippen molar-refractivity contribution in [1.82, 2.24) is 5.32 Å². The number of thiophene rings is 1. The second kappa shape index (κ2) is 6.82. The van der Waals surface area contributed by atoms with Gasteiger partial charge in [-0.25, -0.2) is 8.42 Å². The van der Waals surface area contributed by atoms with Crippen molar-refractivity contribution >= 4 is 27.1 Å². The van der Waals surface area contributed by atoms with Crippen LogP contribution in [0.25, 0.3) is 0 Å². The van der Waals surface area contributed by atoms with E-state index in [0.717, 1.165) is 0 Å². The number of fused-ring (bicyclic) bond motifs is 1. The Bertz CT molecular complexity index is 830. The highest BCUT2D eigenvalue weighted by atomic mass is 32.2. The highest BCUT2D eigenvalue weighted by Gasteiger charge is 2.31. The number of hydrogen-bond donors (Lipinski definition) is 1. The van der Waals surface area contributed by atoms with E-state index >= 15 is 0 Å². The third kappa shape index (κ3) is 3.25. The molecule has 1 aromatic carbocycles. The lowest BCUT2D eigenvalue weighted by atomic mass is 10.3. The maximum atomic E-state index is 13.1. The number of ether oxygens (including phenoxy) is 2. The minimum Gasteiger partial charge on any atom is -0.454 e. The lowest BCUT2D eigenvalue weighted by Gasteiger charge is -2.17. The molecule has 0 spiro atoms. The van der Waals surface area contributed by atoms with Gasteiger partial charge in [0.1, 0.15) is 5.25 Å². The van der Waals surface area contributed by atoms with Gasteiger partial charge < -0.3 is 14.8 Å². The van der Waals surface area contributed by atoms with Crippen molar-refractivity contribution in [3.05, 3.63) is 40.6 Å². The van der Waals surface area contributed by atoms with Crippen LogP contribution in [0.5, 0.6) is 11.5 Å². The van der Waals surface area contributed by atoms with Crippen LogP contribution in [0, 0.1) is 0 Å². The van der Waals surface area contributed by atoms with E-state index in [0.29, 0.717) is 22.8 Å². The van der Waals surface area contributed by atoms with E-state index in [2.05, 4.69) is 5.32 Å². The van der Waals surface area contributed by atoms with Crippen molar-refractivity contribution in [2.75, 3.05) is 13.3 Å². The number of nitrogens with one attached hydrogen (secondary N) is 1. The predicted octanol–water partition coefficient (Wildman–Crippen LogP) is 2.52. The van der Waals surface area contributed by atoms with Gasteiger partial charge in [0, 0.05) is 23.9 Å². The van der Waals surface area contributed by atoms with Crippen molar-refractivity contribution in [3.63, 3.8) is 0 Å². The molecule has 1 N–H and O–H groups in total. The number of amides is 1. The summed E-state index contributed by atoms with van der Waals surface area (Å²) in [6, 6.07) is 8.12. The molecule has 0 fully saturated rings. The standard InChI is InChI=1S/C16H17NO5S2/c1-2-16(18)17-9-15(14-4-3-7-23-14)24(19,20)11-5-6-12-13(8-11)22-10-21-12/h3-8,15H,2,9-10H2,1H3,(H,17,18)/t15-/m0/s1. The predicted molar refractivity (Wildman–Crippen MR) is 90.1 cm³/mol. The van der Waals surface area contributed by atoms with Crippen LogP contribution >= 0.6 is 11.3 Å². The Labute approximate surface area is 144 Å². The number of sulfone groups is 1. The third-order valence-electron chi connectivity index (χ3n) is 3.71. The fourth-order valence-electron chi connectivity index (χ4n) is 2.39. The molecule has 128 valence electrons. The minimum atomic E-state index is -3.69. The summed E-state index contributed by atoms with van der Waals surface area (Å²) in [6.45, 7) is 1.84. The Morgan fingerprint density at radius 2 is 2.08 bits per heavy atom. The van der Waals surface area contributed by atoms with Crippen molar-refractivity contribution in [3.8, 4) is 11.5 Å². The van der Waals surface area contributed by atoms with Crippen LogP contribution in [0.15, 0.2) is 40.6 Å². The Hall–Kier alpha value is -2.06. The van der Waals surface area contributed by atoms with E-state index in [1.807, 2.05) is 5.38 Å². The fourth-order valence-corrected chi connectivity index (χ4v) is 5.19. The van der Waals surface area contributed by atoms with E-state index in [4.69, 9.17) is 9.47 Å². The van der Waals surface area contributed by atoms with Crippen LogP contribution in [0.4, 0.5) is 0 Å². The van der Waals surface area contributed by atoms with Crippen molar-refractivity contribution in [2.24, 2.45) is 0 Å². The van der Waals surface area contributed by atoms with Gasteiger partial charge in [-0.15, -0.1) is 11.3 Å². The molecule has 0 saturated heterocycles. The zero-order chi connectivity index (χ0) is 17.2. The monoisotopic (exact) mass is 367 g/mol. The van der Waals surface area contributed by atoms with Crippen LogP contribution in [0.2, 0.25) is 0 Å². The van der Waals surface area contributed by atoms with Gasteiger partial charge in [-0.1, -0.05) is 13.0 Å². The Kier molecular flexibility index (Phi) is 4.77. The first-order chi connectivity index (χ1) is 11.5. The van der Waals surface area contributed by atoms with Crippen LogP contribution in [-0.2, 0) is 14.6 Å². The SMILES string of the molecule is CCC(=O)NC[C@@H](c1cccs1)S(=O)(=O)c1ccc2c(c1)OCO2. The van der Waals surface area contributed by atoms with Crippen LogP contribution in [-0.4, -0.2) is 27.7 Å². The zero-order valence-corrected chi connectivity index (χ0v) is 14.7. The molecule has 1 aromatic heterocycles. The number of hydrogen-bond acceptors (Lipinski definition) is 6. The van der Waals surface area contributed by atoms with Crippen LogP contribution in [0.1, 0.15) is 23.5 Å². The van der Waals surface area contributed by atoms with E-state index in [-0.39, 0.29) is 24.1 Å². The van der Waals surface area contributed by atoms with E-state index < -0.39 is 15.1 Å². The number of rotatable bonds is 6. The molecule has 1 amide bonds. The molecule has 0 bridgehead atoms. The summed E-state index contributed by atoms with van der Waals surface area (Å²) in [5.74, 6) is 0.761. The van der Waals surface area contributed by atoms with Gasteiger partial charge in [-0.3, -0.25) is 4.79 Å². The molecule has 1 aliphatic rings. The first-order valence-electron chi connectivity index (χ1n) is 7.46. The van der Waals surface area contributed by atoms with E-state index in [9.17, 15) is 13.2 Å². The number of carbonyl (C=O) groups excluding carboxylic acids is 1. The summed E-state index contributed by atoms with van der Waals surface area (Å²) in [5.41, 5.74) is 0. The Balaban J connectivity index is 1.94. The molecule has 0 unspecified atom stereocenters. The van der Waals surface area contributed by atoms with Gasteiger partial charge >= 0.3 is 0 Å². The summed E-state index contributed by atoms with van der Waals surface area (Å²) in [5, 5.41) is 3.66. The first kappa shape index (κ1) is 16.8. The topological polar surface area (TPSA) is 81.7 Å². The normalized spacial score (nSPS) is 14.4. The average Bonchev–Trinajstić information content (AvgIpc) is 3.25. The molecule has 1 aliphatic heterocycles. The van der Waals surface area contributed by atoms with Crippen LogP contribution in [0.3, 0.4) is 0 Å². The van der Waals surface area contributed by atoms with Gasteiger partial charge in [0.05, 0.1) is 4.90 Å². The molecule has 6 nitrogen and oxygen atoms in total. The molecule has 0 aliphatic carbocycles. The quantitative estimate of drug-likeness (QED) is 0.848. The second-order valence-corrected chi connectivity index (χ2v) is 8.33. The molecular weight excluding hydrogens is 350 g/mol. The van der Waals surface area contributed by atoms with E-state index in [1.165, 1.54) is 23.5 Å². The summed E-state index contributed by atoms with van der Waals surface area (Å²) in [7, 11) is -3.69. The van der Waals surface area contributed by atoms with E-state index in [1.54, 1.807) is 25.1 Å². The summed E-state index contributed by atoms with van der Waals surface area (Å²) in [6.07, 6.45) is 0.307. The maximum absolute atomic E-state index is 13.1. The van der Waals surface area contributed by atoms with Gasteiger partial charge in [0.15, 0.2) is 21.3 Å². The lowest BCUT2D eigenvalue weighted by Crippen LogP contribution is -2.31. The number of benzene rings is 1. The van der Waals surface area contributed by atoms with Crippen molar-refractivity contribution in [2.45, 2.75) is 23.5 Å². The second-order valence-electron chi connectivity index (χ2n) is 5.22. The molecule has 2 heterocycles. The zero-order valence-electron chi connectivity index (χ0n) is 13.0. The van der Waals surface area contributed by atoms with Crippen molar-refractivity contribution in [1.29, 1.82) is 0 Å². The van der Waals surface area contributed by atoms with Gasteiger partial charge in [0.25, 0.3) is 0 Å². The summed E-state index contributed by atoms with van der Waals surface area (Å²) < 4.78 is 36.7. The molecular formula is C16H17NO5S2. The van der Waals surface area contributed by atoms with Gasteiger partial charge in [-0.2, -0.15) is 0 Å². The van der Waals surface area contributed by atoms with Gasteiger partial charge in [-0.05, 0) is 23.6 Å². The first-order valence-corrected chi connectivity index (χ1v) is 9.88.